The van der Waals surface area contributed by atoms with E-state index in [-0.39, 0.29) is 17.9 Å². The molecule has 0 aromatic heterocycles. The van der Waals surface area contributed by atoms with Gasteiger partial charge in [-0.1, -0.05) is 0 Å². The number of imide groups is 1. The minimum absolute atomic E-state index is 0.0377. The van der Waals surface area contributed by atoms with Crippen molar-refractivity contribution >= 4 is 23.5 Å². The Hall–Kier alpha value is -2.87. The molecule has 8 nitrogen and oxygen atoms in total. The van der Waals surface area contributed by atoms with Gasteiger partial charge in [0.25, 0.3) is 11.8 Å². The summed E-state index contributed by atoms with van der Waals surface area (Å²) >= 11 is 0. The molecule has 8 heteroatoms. The Labute approximate surface area is 131 Å². The van der Waals surface area contributed by atoms with Gasteiger partial charge in [-0.05, 0) is 31.2 Å². The van der Waals surface area contributed by atoms with E-state index in [0.29, 0.717) is 11.4 Å². The summed E-state index contributed by atoms with van der Waals surface area (Å²) in [5.41, 5.74) is 2.51. The number of ether oxygens (including phenoxy) is 2. The Morgan fingerprint density at radius 3 is 2.61 bits per heavy atom. The van der Waals surface area contributed by atoms with E-state index in [4.69, 9.17) is 14.3 Å². The lowest BCUT2D eigenvalue weighted by atomic mass is 10.1. The molecule has 120 valence electrons. The van der Waals surface area contributed by atoms with Crippen molar-refractivity contribution in [2.24, 2.45) is 0 Å². The standard InChI is InChI=1S/C15H14N2O6/c1-3-22-15(20)11-10-12(23-16-11)14(19)17(13(10)18)8-4-6-9(21-2)7-5-8/h4-7,12,16H,3H2,1-2H3. The van der Waals surface area contributed by atoms with Crippen molar-refractivity contribution in [1.82, 2.24) is 5.48 Å². The zero-order chi connectivity index (χ0) is 16.6. The molecule has 2 aliphatic rings. The Bertz CT molecular complexity index is 709. The molecule has 1 atom stereocenters. The number of hydrogen-bond acceptors (Lipinski definition) is 7. The first-order valence-electron chi connectivity index (χ1n) is 6.93. The fourth-order valence-corrected chi connectivity index (χ4v) is 2.42. The van der Waals surface area contributed by atoms with Crippen LogP contribution >= 0.6 is 0 Å². The van der Waals surface area contributed by atoms with Crippen molar-refractivity contribution < 1.29 is 28.7 Å². The summed E-state index contributed by atoms with van der Waals surface area (Å²) in [6.45, 7) is 1.79. The number of hydroxylamine groups is 1. The normalized spacial score (nSPS) is 19.7. The summed E-state index contributed by atoms with van der Waals surface area (Å²) in [5, 5.41) is 0. The molecule has 1 fully saturated rings. The van der Waals surface area contributed by atoms with Gasteiger partial charge in [0.05, 0.1) is 25.0 Å². The molecule has 0 radical (unpaired) electrons. The molecule has 0 spiro atoms. The van der Waals surface area contributed by atoms with E-state index in [1.165, 1.54) is 7.11 Å². The molecule has 3 rings (SSSR count). The van der Waals surface area contributed by atoms with E-state index in [9.17, 15) is 14.4 Å². The summed E-state index contributed by atoms with van der Waals surface area (Å²) < 4.78 is 9.89. The SMILES string of the molecule is CCOC(=O)C1=C2C(=O)N(c3ccc(OC)cc3)C(=O)C2ON1. The van der Waals surface area contributed by atoms with Crippen LogP contribution in [0.15, 0.2) is 35.5 Å². The first-order chi connectivity index (χ1) is 11.1. The predicted octanol–water partition coefficient (Wildman–Crippen LogP) is 0.289. The van der Waals surface area contributed by atoms with Crippen LogP contribution in [0.2, 0.25) is 0 Å². The number of esters is 1. The van der Waals surface area contributed by atoms with Crippen molar-refractivity contribution in [2.75, 3.05) is 18.6 Å². The molecule has 0 bridgehead atoms. The Balaban J connectivity index is 1.96. The van der Waals surface area contributed by atoms with E-state index < -0.39 is 23.9 Å². The minimum Gasteiger partial charge on any atom is -0.497 e. The monoisotopic (exact) mass is 318 g/mol. The van der Waals surface area contributed by atoms with E-state index in [1.807, 2.05) is 0 Å². The van der Waals surface area contributed by atoms with Crippen LogP contribution in [0.4, 0.5) is 5.69 Å². The predicted molar refractivity (Wildman–Crippen MR) is 77.2 cm³/mol. The van der Waals surface area contributed by atoms with Gasteiger partial charge in [-0.15, -0.1) is 0 Å². The highest BCUT2D eigenvalue weighted by Gasteiger charge is 2.52. The molecule has 0 aliphatic carbocycles. The number of benzene rings is 1. The van der Waals surface area contributed by atoms with Gasteiger partial charge in [0.15, 0.2) is 11.8 Å². The van der Waals surface area contributed by atoms with Gasteiger partial charge in [-0.3, -0.25) is 19.9 Å². The number of rotatable bonds is 4. The molecule has 1 aromatic carbocycles. The third kappa shape index (κ3) is 2.33. The number of methoxy groups -OCH3 is 1. The first-order valence-corrected chi connectivity index (χ1v) is 6.93. The number of fused-ring (bicyclic) bond motifs is 1. The highest BCUT2D eigenvalue weighted by molar-refractivity contribution is 6.32. The van der Waals surface area contributed by atoms with E-state index >= 15 is 0 Å². The fraction of sp³-hybridized carbons (Fsp3) is 0.267. The first kappa shape index (κ1) is 15.0. The molecule has 0 saturated carbocycles. The van der Waals surface area contributed by atoms with Crippen molar-refractivity contribution in [3.05, 3.63) is 35.5 Å². The summed E-state index contributed by atoms with van der Waals surface area (Å²) in [7, 11) is 1.52. The molecule has 1 aromatic rings. The largest absolute Gasteiger partial charge is 0.497 e. The van der Waals surface area contributed by atoms with Gasteiger partial charge in [-0.2, -0.15) is 0 Å². The molecule has 2 heterocycles. The van der Waals surface area contributed by atoms with Crippen LogP contribution in [-0.4, -0.2) is 37.6 Å². The second kappa shape index (κ2) is 5.73. The Morgan fingerprint density at radius 1 is 1.30 bits per heavy atom. The van der Waals surface area contributed by atoms with E-state index in [1.54, 1.807) is 31.2 Å². The quantitative estimate of drug-likeness (QED) is 0.630. The average Bonchev–Trinajstić information content (AvgIpc) is 3.09. The number of nitrogens with one attached hydrogen (secondary N) is 1. The summed E-state index contributed by atoms with van der Waals surface area (Å²) in [6.07, 6.45) is -1.15. The summed E-state index contributed by atoms with van der Waals surface area (Å²) in [5.74, 6) is -1.32. The number of anilines is 1. The maximum atomic E-state index is 12.6. The second-order valence-corrected chi connectivity index (χ2v) is 4.79. The zero-order valence-electron chi connectivity index (χ0n) is 12.5. The highest BCUT2D eigenvalue weighted by Crippen LogP contribution is 2.33. The lowest BCUT2D eigenvalue weighted by molar-refractivity contribution is -0.141. The summed E-state index contributed by atoms with van der Waals surface area (Å²) in [4.78, 5) is 42.9. The Kier molecular flexibility index (Phi) is 3.75. The molecule has 1 unspecified atom stereocenters. The summed E-state index contributed by atoms with van der Waals surface area (Å²) in [6, 6.07) is 6.41. The van der Waals surface area contributed by atoms with Crippen molar-refractivity contribution in [3.8, 4) is 5.75 Å². The maximum Gasteiger partial charge on any atom is 0.357 e. The van der Waals surface area contributed by atoms with Crippen molar-refractivity contribution in [3.63, 3.8) is 0 Å². The molecule has 23 heavy (non-hydrogen) atoms. The Morgan fingerprint density at radius 2 is 2.00 bits per heavy atom. The molecule has 2 amide bonds. The maximum absolute atomic E-state index is 12.6. The van der Waals surface area contributed by atoms with Crippen molar-refractivity contribution in [2.45, 2.75) is 13.0 Å². The van der Waals surface area contributed by atoms with E-state index in [0.717, 1.165) is 4.90 Å². The third-order valence-corrected chi connectivity index (χ3v) is 3.50. The van der Waals surface area contributed by atoms with Crippen LogP contribution in [0.25, 0.3) is 0 Å². The third-order valence-electron chi connectivity index (χ3n) is 3.50. The molecular formula is C15H14N2O6. The number of carbonyl (C=O) groups is 3. The lowest BCUT2D eigenvalue weighted by Gasteiger charge is -2.15. The molecule has 1 saturated heterocycles. The van der Waals surface area contributed by atoms with Gasteiger partial charge in [0.2, 0.25) is 0 Å². The number of hydrogen-bond donors (Lipinski definition) is 1. The number of carbonyl (C=O) groups excluding carboxylic acids is 3. The van der Waals surface area contributed by atoms with Crippen LogP contribution in [0, 0.1) is 0 Å². The lowest BCUT2D eigenvalue weighted by Crippen LogP contribution is -2.35. The van der Waals surface area contributed by atoms with E-state index in [2.05, 4.69) is 5.48 Å². The van der Waals surface area contributed by atoms with Gasteiger partial charge in [0, 0.05) is 0 Å². The topological polar surface area (TPSA) is 94.2 Å². The zero-order valence-corrected chi connectivity index (χ0v) is 12.5. The van der Waals surface area contributed by atoms with Gasteiger partial charge in [0.1, 0.15) is 5.75 Å². The van der Waals surface area contributed by atoms with Crippen LogP contribution in [0.3, 0.4) is 0 Å². The van der Waals surface area contributed by atoms with Gasteiger partial charge >= 0.3 is 5.97 Å². The smallest absolute Gasteiger partial charge is 0.357 e. The van der Waals surface area contributed by atoms with Gasteiger partial charge in [-0.25, -0.2) is 9.69 Å². The number of amides is 2. The van der Waals surface area contributed by atoms with Gasteiger partial charge < -0.3 is 9.47 Å². The number of nitrogens with zero attached hydrogens (tertiary/aromatic N) is 1. The van der Waals surface area contributed by atoms with Crippen LogP contribution < -0.4 is 15.1 Å². The molecule has 2 aliphatic heterocycles. The molecule has 1 N–H and O–H groups in total. The average molecular weight is 318 g/mol. The van der Waals surface area contributed by atoms with Crippen molar-refractivity contribution in [1.29, 1.82) is 0 Å². The second-order valence-electron chi connectivity index (χ2n) is 4.79. The van der Waals surface area contributed by atoms with Crippen LogP contribution in [-0.2, 0) is 24.0 Å². The minimum atomic E-state index is -1.15. The fourth-order valence-electron chi connectivity index (χ4n) is 2.42. The molecular weight excluding hydrogens is 304 g/mol. The highest BCUT2D eigenvalue weighted by atomic mass is 16.7. The van der Waals surface area contributed by atoms with Crippen LogP contribution in [0.5, 0.6) is 5.75 Å². The van der Waals surface area contributed by atoms with Crippen LogP contribution in [0.1, 0.15) is 6.92 Å².